The Morgan fingerprint density at radius 3 is 2.59 bits per heavy atom. The molecule has 116 valence electrons. The van der Waals surface area contributed by atoms with E-state index < -0.39 is 0 Å². The predicted octanol–water partition coefficient (Wildman–Crippen LogP) is 3.34. The number of aryl methyl sites for hydroxylation is 2. The third kappa shape index (κ3) is 4.08. The van der Waals surface area contributed by atoms with Crippen LogP contribution in [0.25, 0.3) is 0 Å². The van der Waals surface area contributed by atoms with Gasteiger partial charge >= 0.3 is 0 Å². The smallest absolute Gasteiger partial charge is 0.189 e. The Labute approximate surface area is 131 Å². The number of aromatic nitrogens is 3. The molecule has 1 aromatic carbocycles. The third-order valence-corrected chi connectivity index (χ3v) is 3.57. The minimum atomic E-state index is 0.305. The molecule has 0 radical (unpaired) electrons. The number of hydrogen-bond donors (Lipinski definition) is 0. The van der Waals surface area contributed by atoms with Gasteiger partial charge in [0.2, 0.25) is 0 Å². The van der Waals surface area contributed by atoms with Crippen molar-refractivity contribution in [2.75, 3.05) is 0 Å². The van der Waals surface area contributed by atoms with Crippen molar-refractivity contribution >= 4 is 0 Å². The number of hydrogen-bond acceptors (Lipinski definition) is 4. The van der Waals surface area contributed by atoms with Crippen LogP contribution in [0.15, 0.2) is 24.3 Å². The number of nitrogens with zero attached hydrogens (tertiary/aromatic N) is 4. The number of nitriles is 1. The number of ether oxygens (including phenoxy) is 1. The largest absolute Gasteiger partial charge is 0.487 e. The fourth-order valence-electron chi connectivity index (χ4n) is 2.10. The van der Waals surface area contributed by atoms with Crippen LogP contribution in [0, 0.1) is 17.2 Å². The van der Waals surface area contributed by atoms with Gasteiger partial charge in [0.05, 0.1) is 0 Å². The summed E-state index contributed by atoms with van der Waals surface area (Å²) in [6.07, 6.45) is 2.00. The monoisotopic (exact) mass is 298 g/mol. The van der Waals surface area contributed by atoms with Crippen LogP contribution in [0.5, 0.6) is 5.75 Å². The molecule has 0 saturated carbocycles. The molecule has 0 aliphatic carbocycles. The summed E-state index contributed by atoms with van der Waals surface area (Å²) in [5, 5.41) is 17.1. The lowest BCUT2D eigenvalue weighted by molar-refractivity contribution is 0.289. The quantitative estimate of drug-likeness (QED) is 0.786. The summed E-state index contributed by atoms with van der Waals surface area (Å²) in [6, 6.07) is 10.1. The highest BCUT2D eigenvalue weighted by Crippen LogP contribution is 2.16. The fourth-order valence-corrected chi connectivity index (χ4v) is 2.10. The van der Waals surface area contributed by atoms with E-state index in [9.17, 15) is 0 Å². The topological polar surface area (TPSA) is 63.7 Å². The van der Waals surface area contributed by atoms with Crippen LogP contribution in [-0.2, 0) is 19.6 Å². The summed E-state index contributed by atoms with van der Waals surface area (Å²) in [4.78, 5) is 0. The molecular weight excluding hydrogens is 276 g/mol. The van der Waals surface area contributed by atoms with E-state index in [1.54, 1.807) is 4.68 Å². The van der Waals surface area contributed by atoms with Crippen molar-refractivity contribution in [3.63, 3.8) is 0 Å². The highest BCUT2D eigenvalue weighted by Gasteiger charge is 2.13. The molecule has 2 rings (SSSR count). The maximum absolute atomic E-state index is 9.15. The third-order valence-electron chi connectivity index (χ3n) is 3.57. The van der Waals surface area contributed by atoms with Crippen molar-refractivity contribution in [1.29, 1.82) is 5.26 Å². The van der Waals surface area contributed by atoms with Gasteiger partial charge in [0.1, 0.15) is 24.1 Å². The first-order valence-electron chi connectivity index (χ1n) is 7.68. The van der Waals surface area contributed by atoms with E-state index in [0.717, 1.165) is 30.8 Å². The minimum Gasteiger partial charge on any atom is -0.487 e. The average Bonchev–Trinajstić information content (AvgIpc) is 2.93. The molecule has 0 aliphatic rings. The van der Waals surface area contributed by atoms with Gasteiger partial charge in [-0.25, -0.2) is 4.68 Å². The molecule has 5 nitrogen and oxygen atoms in total. The van der Waals surface area contributed by atoms with Crippen molar-refractivity contribution in [1.82, 2.24) is 15.0 Å². The molecule has 0 bridgehead atoms. The highest BCUT2D eigenvalue weighted by atomic mass is 16.5. The summed E-state index contributed by atoms with van der Waals surface area (Å²) in [7, 11) is 0. The summed E-state index contributed by atoms with van der Waals surface area (Å²) >= 11 is 0. The van der Waals surface area contributed by atoms with Crippen molar-refractivity contribution < 1.29 is 4.74 Å². The van der Waals surface area contributed by atoms with Crippen LogP contribution in [0.1, 0.15) is 44.1 Å². The fraction of sp³-hybridized carbons (Fsp3) is 0.471. The molecule has 1 aromatic heterocycles. The van der Waals surface area contributed by atoms with Crippen LogP contribution in [-0.4, -0.2) is 15.0 Å². The Balaban J connectivity index is 2.07. The average molecular weight is 298 g/mol. The molecule has 0 unspecified atom stereocenters. The second kappa shape index (κ2) is 7.60. The first-order chi connectivity index (χ1) is 10.6. The Bertz CT molecular complexity index is 638. The maximum atomic E-state index is 9.15. The Morgan fingerprint density at radius 2 is 2.00 bits per heavy atom. The lowest BCUT2D eigenvalue weighted by Crippen LogP contribution is -2.10. The molecule has 22 heavy (non-hydrogen) atoms. The van der Waals surface area contributed by atoms with E-state index in [-0.39, 0.29) is 0 Å². The van der Waals surface area contributed by atoms with E-state index in [1.165, 1.54) is 5.56 Å². The van der Waals surface area contributed by atoms with E-state index in [1.807, 2.05) is 12.1 Å². The first-order valence-corrected chi connectivity index (χ1v) is 7.68. The number of benzene rings is 1. The summed E-state index contributed by atoms with van der Waals surface area (Å²) < 4.78 is 7.56. The lowest BCUT2D eigenvalue weighted by atomic mass is 10.1. The highest BCUT2D eigenvalue weighted by molar-refractivity contribution is 5.28. The summed E-state index contributed by atoms with van der Waals surface area (Å²) in [6.45, 7) is 7.49. The molecule has 1 heterocycles. The van der Waals surface area contributed by atoms with Gasteiger partial charge in [0.15, 0.2) is 5.69 Å². The van der Waals surface area contributed by atoms with Crippen LogP contribution < -0.4 is 4.74 Å². The molecule has 0 N–H and O–H groups in total. The molecule has 5 heteroatoms. The van der Waals surface area contributed by atoms with Gasteiger partial charge < -0.3 is 4.74 Å². The standard InChI is InChI=1S/C17H22N4O/c1-4-14-5-7-15(8-6-14)22-12-17-16(11-18)19-20-21(17)10-9-13(2)3/h5-8,13H,4,9-10,12H2,1-3H3. The van der Waals surface area contributed by atoms with E-state index in [0.29, 0.717) is 18.2 Å². The molecule has 0 aliphatic heterocycles. The Hall–Kier alpha value is -2.35. The van der Waals surface area contributed by atoms with E-state index in [2.05, 4.69) is 49.3 Å². The van der Waals surface area contributed by atoms with Crippen LogP contribution in [0.2, 0.25) is 0 Å². The van der Waals surface area contributed by atoms with Crippen LogP contribution >= 0.6 is 0 Å². The zero-order valence-electron chi connectivity index (χ0n) is 13.4. The molecule has 0 fully saturated rings. The van der Waals surface area contributed by atoms with Crippen LogP contribution in [0.3, 0.4) is 0 Å². The second-order valence-corrected chi connectivity index (χ2v) is 5.69. The van der Waals surface area contributed by atoms with Gasteiger partial charge in [0, 0.05) is 6.54 Å². The van der Waals surface area contributed by atoms with Gasteiger partial charge in [-0.1, -0.05) is 38.1 Å². The molecule has 2 aromatic rings. The van der Waals surface area contributed by atoms with E-state index in [4.69, 9.17) is 10.00 Å². The normalized spacial score (nSPS) is 10.7. The lowest BCUT2D eigenvalue weighted by Gasteiger charge is -2.10. The van der Waals surface area contributed by atoms with Crippen molar-refractivity contribution in [3.8, 4) is 11.8 Å². The molecular formula is C17H22N4O. The molecule has 0 spiro atoms. The molecule has 0 saturated heterocycles. The maximum Gasteiger partial charge on any atom is 0.189 e. The Morgan fingerprint density at radius 1 is 1.27 bits per heavy atom. The van der Waals surface area contributed by atoms with Gasteiger partial charge in [-0.2, -0.15) is 5.26 Å². The van der Waals surface area contributed by atoms with Gasteiger partial charge in [0.25, 0.3) is 0 Å². The van der Waals surface area contributed by atoms with E-state index >= 15 is 0 Å². The van der Waals surface area contributed by atoms with Crippen molar-refractivity contribution in [2.45, 2.75) is 46.8 Å². The minimum absolute atomic E-state index is 0.305. The predicted molar refractivity (Wildman–Crippen MR) is 84.3 cm³/mol. The summed E-state index contributed by atoms with van der Waals surface area (Å²) in [5.41, 5.74) is 2.35. The first kappa shape index (κ1) is 16.0. The SMILES string of the molecule is CCc1ccc(OCc2c(C#N)nnn2CCC(C)C)cc1. The Kier molecular flexibility index (Phi) is 5.54. The second-order valence-electron chi connectivity index (χ2n) is 5.69. The van der Waals surface area contributed by atoms with Gasteiger partial charge in [-0.3, -0.25) is 0 Å². The zero-order chi connectivity index (χ0) is 15.9. The van der Waals surface area contributed by atoms with Crippen molar-refractivity contribution in [3.05, 3.63) is 41.2 Å². The van der Waals surface area contributed by atoms with Crippen LogP contribution in [0.4, 0.5) is 0 Å². The van der Waals surface area contributed by atoms with Gasteiger partial charge in [-0.15, -0.1) is 5.10 Å². The number of rotatable bonds is 7. The molecule has 0 amide bonds. The van der Waals surface area contributed by atoms with Crippen molar-refractivity contribution in [2.24, 2.45) is 5.92 Å². The van der Waals surface area contributed by atoms with Gasteiger partial charge in [-0.05, 0) is 36.5 Å². The summed E-state index contributed by atoms with van der Waals surface area (Å²) in [5.74, 6) is 1.36. The zero-order valence-corrected chi connectivity index (χ0v) is 13.4. The molecule has 0 atom stereocenters.